The third-order valence-electron chi connectivity index (χ3n) is 3.16. The normalized spacial score (nSPS) is 14.2. The summed E-state index contributed by atoms with van der Waals surface area (Å²) in [6.45, 7) is 4.34. The number of allylic oxidation sites excluding steroid dienone is 1. The summed E-state index contributed by atoms with van der Waals surface area (Å²) in [5, 5.41) is 1.07. The summed E-state index contributed by atoms with van der Waals surface area (Å²) in [5.74, 6) is -0.321. The van der Waals surface area contributed by atoms with E-state index in [0.717, 1.165) is 22.0 Å². The maximum Gasteiger partial charge on any atom is 0.357 e. The number of carbonyl (C=O) groups excluding carboxylic acids is 1. The Morgan fingerprint density at radius 1 is 1.39 bits per heavy atom. The summed E-state index contributed by atoms with van der Waals surface area (Å²) in [6.07, 6.45) is 3.99. The molecule has 0 atom stereocenters. The predicted octanol–water partition coefficient (Wildman–Crippen LogP) is 3.25. The molecule has 0 radical (unpaired) electrons. The second-order valence-electron chi connectivity index (χ2n) is 4.45. The van der Waals surface area contributed by atoms with Gasteiger partial charge in [0.1, 0.15) is 6.61 Å². The Balaban J connectivity index is 2.44. The minimum absolute atomic E-state index is 0.321. The monoisotopic (exact) mass is 239 g/mol. The van der Waals surface area contributed by atoms with Crippen molar-refractivity contribution in [2.75, 3.05) is 0 Å². The summed E-state index contributed by atoms with van der Waals surface area (Å²) in [7, 11) is 0. The van der Waals surface area contributed by atoms with Crippen LogP contribution in [-0.2, 0) is 11.3 Å². The molecule has 18 heavy (non-hydrogen) atoms. The molecule has 0 aliphatic carbocycles. The number of carbonyl (C=O) groups is 1. The second kappa shape index (κ2) is 3.95. The molecule has 1 aliphatic rings. The van der Waals surface area contributed by atoms with Gasteiger partial charge in [0.25, 0.3) is 0 Å². The number of rotatable bonds is 1. The Bertz CT molecular complexity index is 686. The zero-order valence-corrected chi connectivity index (χ0v) is 10.4. The Morgan fingerprint density at radius 3 is 3.00 bits per heavy atom. The summed E-state index contributed by atoms with van der Waals surface area (Å²) < 4.78 is 5.08. The number of hydrogen-bond acceptors (Lipinski definition) is 3. The molecule has 1 aliphatic heterocycles. The van der Waals surface area contributed by atoms with Gasteiger partial charge in [-0.1, -0.05) is 23.8 Å². The fourth-order valence-corrected chi connectivity index (χ4v) is 2.32. The molecule has 90 valence electrons. The van der Waals surface area contributed by atoms with Crippen LogP contribution in [0.5, 0.6) is 0 Å². The van der Waals surface area contributed by atoms with Crippen LogP contribution < -0.4 is 0 Å². The molecule has 0 amide bonds. The van der Waals surface area contributed by atoms with Crippen molar-refractivity contribution in [1.82, 2.24) is 4.98 Å². The average molecular weight is 239 g/mol. The van der Waals surface area contributed by atoms with Gasteiger partial charge in [0.15, 0.2) is 5.69 Å². The van der Waals surface area contributed by atoms with Gasteiger partial charge in [0.05, 0.1) is 5.52 Å². The summed E-state index contributed by atoms with van der Waals surface area (Å²) in [5.41, 5.74) is 4.43. The lowest BCUT2D eigenvalue weighted by atomic mass is 10.00. The molecule has 3 rings (SSSR count). The lowest BCUT2D eigenvalue weighted by Crippen LogP contribution is -2.00. The lowest BCUT2D eigenvalue weighted by molar-refractivity contribution is 0.0531. The molecule has 3 nitrogen and oxygen atoms in total. The maximum atomic E-state index is 11.6. The molecule has 2 aromatic rings. The van der Waals surface area contributed by atoms with Crippen molar-refractivity contribution in [3.8, 4) is 0 Å². The number of nitrogens with zero attached hydrogens (tertiary/aromatic N) is 1. The number of aromatic nitrogens is 1. The van der Waals surface area contributed by atoms with E-state index in [9.17, 15) is 4.79 Å². The molecule has 0 bridgehead atoms. The highest BCUT2D eigenvalue weighted by molar-refractivity contribution is 5.99. The summed E-state index contributed by atoms with van der Waals surface area (Å²) in [6, 6.07) is 6.05. The minimum atomic E-state index is -0.321. The summed E-state index contributed by atoms with van der Waals surface area (Å²) in [4.78, 5) is 16.0. The van der Waals surface area contributed by atoms with E-state index in [4.69, 9.17) is 4.74 Å². The average Bonchev–Trinajstić information content (AvgIpc) is 2.72. The molecule has 1 aromatic carbocycles. The largest absolute Gasteiger partial charge is 0.456 e. The number of aryl methyl sites for hydroxylation is 1. The van der Waals surface area contributed by atoms with Crippen LogP contribution in [0.15, 0.2) is 24.3 Å². The first kappa shape index (κ1) is 11.0. The van der Waals surface area contributed by atoms with E-state index in [2.05, 4.69) is 11.1 Å². The second-order valence-corrected chi connectivity index (χ2v) is 4.45. The van der Waals surface area contributed by atoms with Crippen molar-refractivity contribution < 1.29 is 9.53 Å². The zero-order valence-electron chi connectivity index (χ0n) is 10.4. The van der Waals surface area contributed by atoms with Crippen LogP contribution in [0.2, 0.25) is 0 Å². The van der Waals surface area contributed by atoms with Crippen molar-refractivity contribution >= 4 is 22.9 Å². The van der Waals surface area contributed by atoms with Crippen LogP contribution in [0.25, 0.3) is 17.0 Å². The Hall–Kier alpha value is -2.16. The van der Waals surface area contributed by atoms with Gasteiger partial charge < -0.3 is 4.74 Å². The highest BCUT2D eigenvalue weighted by Gasteiger charge is 2.26. The number of ether oxygens (including phenoxy) is 1. The van der Waals surface area contributed by atoms with Crippen molar-refractivity contribution in [2.45, 2.75) is 20.5 Å². The molecule has 0 N–H and O–H groups in total. The molecule has 0 unspecified atom stereocenters. The van der Waals surface area contributed by atoms with E-state index in [1.54, 1.807) is 0 Å². The Labute approximate surface area is 105 Å². The topological polar surface area (TPSA) is 39.2 Å². The number of benzene rings is 1. The van der Waals surface area contributed by atoms with Gasteiger partial charge in [-0.2, -0.15) is 0 Å². The molecule has 2 heterocycles. The van der Waals surface area contributed by atoms with Gasteiger partial charge in [0.2, 0.25) is 0 Å². The van der Waals surface area contributed by atoms with Crippen molar-refractivity contribution in [1.29, 1.82) is 0 Å². The molecular weight excluding hydrogens is 226 g/mol. The van der Waals surface area contributed by atoms with Crippen LogP contribution in [0.1, 0.15) is 34.1 Å². The van der Waals surface area contributed by atoms with Gasteiger partial charge in [0, 0.05) is 10.9 Å². The number of cyclic esters (lactones) is 1. The standard InChI is InChI=1S/C15H13NO2/c1-3-4-10-11-7-9(2)5-6-13(11)16-14-12(10)8-18-15(14)17/h3-7H,8H2,1-2H3/b4-3+. The summed E-state index contributed by atoms with van der Waals surface area (Å²) >= 11 is 0. The van der Waals surface area contributed by atoms with Crippen molar-refractivity contribution in [2.24, 2.45) is 0 Å². The van der Waals surface area contributed by atoms with Crippen LogP contribution in [0.4, 0.5) is 0 Å². The van der Waals surface area contributed by atoms with Crippen LogP contribution in [-0.4, -0.2) is 11.0 Å². The highest BCUT2D eigenvalue weighted by atomic mass is 16.5. The number of hydrogen-bond donors (Lipinski definition) is 0. The number of fused-ring (bicyclic) bond motifs is 2. The van der Waals surface area contributed by atoms with E-state index >= 15 is 0 Å². The molecule has 0 fully saturated rings. The number of pyridine rings is 1. The highest BCUT2D eigenvalue weighted by Crippen LogP contribution is 2.30. The fraction of sp³-hybridized carbons (Fsp3) is 0.200. The van der Waals surface area contributed by atoms with Crippen LogP contribution in [0, 0.1) is 6.92 Å². The molecule has 3 heteroatoms. The Kier molecular flexibility index (Phi) is 2.40. The third-order valence-corrected chi connectivity index (χ3v) is 3.16. The van der Waals surface area contributed by atoms with Gasteiger partial charge in [-0.05, 0) is 31.5 Å². The number of esters is 1. The lowest BCUT2D eigenvalue weighted by Gasteiger charge is -2.07. The van der Waals surface area contributed by atoms with Crippen molar-refractivity contribution in [3.05, 3.63) is 46.7 Å². The fourth-order valence-electron chi connectivity index (χ4n) is 2.32. The van der Waals surface area contributed by atoms with E-state index in [1.165, 1.54) is 5.56 Å². The smallest absolute Gasteiger partial charge is 0.357 e. The minimum Gasteiger partial charge on any atom is -0.456 e. The quantitative estimate of drug-likeness (QED) is 0.717. The van der Waals surface area contributed by atoms with Crippen LogP contribution in [0.3, 0.4) is 0 Å². The van der Waals surface area contributed by atoms with Gasteiger partial charge in [-0.25, -0.2) is 9.78 Å². The molecule has 1 aromatic heterocycles. The molecular formula is C15H13NO2. The van der Waals surface area contributed by atoms with E-state index < -0.39 is 0 Å². The van der Waals surface area contributed by atoms with E-state index in [0.29, 0.717) is 12.3 Å². The van der Waals surface area contributed by atoms with Gasteiger partial charge >= 0.3 is 5.97 Å². The third kappa shape index (κ3) is 1.51. The van der Waals surface area contributed by atoms with E-state index in [1.807, 2.05) is 38.1 Å². The zero-order chi connectivity index (χ0) is 12.7. The molecule has 0 saturated heterocycles. The first-order valence-corrected chi connectivity index (χ1v) is 5.94. The van der Waals surface area contributed by atoms with E-state index in [-0.39, 0.29) is 5.97 Å². The van der Waals surface area contributed by atoms with Crippen molar-refractivity contribution in [3.63, 3.8) is 0 Å². The Morgan fingerprint density at radius 2 is 2.22 bits per heavy atom. The predicted molar refractivity (Wildman–Crippen MR) is 70.3 cm³/mol. The maximum absolute atomic E-state index is 11.6. The molecule has 0 spiro atoms. The first-order chi connectivity index (χ1) is 8.70. The van der Waals surface area contributed by atoms with Crippen LogP contribution >= 0.6 is 0 Å². The SMILES string of the molecule is C/C=C/c1c2c(nc3ccc(C)cc13)C(=O)OC2. The molecule has 0 saturated carbocycles. The van der Waals surface area contributed by atoms with Gasteiger partial charge in [-0.15, -0.1) is 0 Å². The first-order valence-electron chi connectivity index (χ1n) is 5.94. The van der Waals surface area contributed by atoms with Gasteiger partial charge in [-0.3, -0.25) is 0 Å².